The summed E-state index contributed by atoms with van der Waals surface area (Å²) in [4.78, 5) is 10.6. The molecule has 8 heteroatoms. The van der Waals surface area contributed by atoms with E-state index in [9.17, 15) is 4.39 Å². The number of hydrogen-bond donors (Lipinski definition) is 0. The van der Waals surface area contributed by atoms with Gasteiger partial charge in [-0.1, -0.05) is 39.7 Å². The SMILES string of the molecule is Cn1nccc1CN(Cc1cccc(Br)c1)c1ncnc2c(F)cc(Cl)cc12. The maximum atomic E-state index is 14.4. The van der Waals surface area contributed by atoms with Gasteiger partial charge in [0.25, 0.3) is 0 Å². The van der Waals surface area contributed by atoms with Gasteiger partial charge in [0.05, 0.1) is 12.2 Å². The van der Waals surface area contributed by atoms with Crippen molar-refractivity contribution in [2.75, 3.05) is 4.90 Å². The molecule has 0 fully saturated rings. The molecule has 0 bridgehead atoms. The fraction of sp³-hybridized carbons (Fsp3) is 0.150. The number of benzene rings is 2. The van der Waals surface area contributed by atoms with Gasteiger partial charge in [-0.2, -0.15) is 5.10 Å². The van der Waals surface area contributed by atoms with Crippen LogP contribution in [0.3, 0.4) is 0 Å². The number of nitrogens with zero attached hydrogens (tertiary/aromatic N) is 5. The Bertz CT molecular complexity index is 1150. The average molecular weight is 461 g/mol. The first kappa shape index (κ1) is 18.8. The van der Waals surface area contributed by atoms with Gasteiger partial charge in [-0.15, -0.1) is 0 Å². The second-order valence-corrected chi connectivity index (χ2v) is 7.77. The zero-order valence-corrected chi connectivity index (χ0v) is 17.3. The Balaban J connectivity index is 1.83. The van der Waals surface area contributed by atoms with E-state index in [-0.39, 0.29) is 5.52 Å². The van der Waals surface area contributed by atoms with Crippen molar-refractivity contribution in [3.8, 4) is 0 Å². The molecule has 0 saturated carbocycles. The van der Waals surface area contributed by atoms with Gasteiger partial charge in [-0.25, -0.2) is 14.4 Å². The highest BCUT2D eigenvalue weighted by Gasteiger charge is 2.17. The minimum atomic E-state index is -0.464. The molecule has 0 unspecified atom stereocenters. The van der Waals surface area contributed by atoms with Gasteiger partial charge in [-0.3, -0.25) is 4.68 Å². The standard InChI is InChI=1S/C20H16BrClFN5/c1-27-16(5-6-26-27)11-28(10-13-3-2-4-14(21)7-13)20-17-8-15(22)9-18(23)19(17)24-12-25-20/h2-9,12H,10-11H2,1H3. The summed E-state index contributed by atoms with van der Waals surface area (Å²) in [7, 11) is 1.89. The van der Waals surface area contributed by atoms with Gasteiger partial charge in [0, 0.05) is 34.7 Å². The number of halogens is 3. The van der Waals surface area contributed by atoms with Crippen molar-refractivity contribution in [2.45, 2.75) is 13.1 Å². The Kier molecular flexibility index (Phi) is 5.28. The molecule has 0 atom stereocenters. The van der Waals surface area contributed by atoms with E-state index in [0.717, 1.165) is 15.7 Å². The molecule has 28 heavy (non-hydrogen) atoms. The van der Waals surface area contributed by atoms with Crippen LogP contribution in [0, 0.1) is 5.82 Å². The smallest absolute Gasteiger partial charge is 0.151 e. The topological polar surface area (TPSA) is 46.8 Å². The van der Waals surface area contributed by atoms with Crippen molar-refractivity contribution in [1.29, 1.82) is 0 Å². The van der Waals surface area contributed by atoms with Gasteiger partial charge < -0.3 is 4.90 Å². The molecule has 0 aliphatic carbocycles. The zero-order chi connectivity index (χ0) is 19.7. The highest BCUT2D eigenvalue weighted by atomic mass is 79.9. The number of aromatic nitrogens is 4. The average Bonchev–Trinajstić information content (AvgIpc) is 3.05. The van der Waals surface area contributed by atoms with E-state index in [1.807, 2.05) is 42.1 Å². The summed E-state index contributed by atoms with van der Waals surface area (Å²) in [6.45, 7) is 1.12. The Hall–Kier alpha value is -2.51. The van der Waals surface area contributed by atoms with Crippen LogP contribution >= 0.6 is 27.5 Å². The molecule has 142 valence electrons. The molecule has 0 spiro atoms. The van der Waals surface area contributed by atoms with E-state index >= 15 is 0 Å². The first-order chi connectivity index (χ1) is 13.5. The Morgan fingerprint density at radius 3 is 2.75 bits per heavy atom. The molecule has 2 aromatic heterocycles. The Morgan fingerprint density at radius 2 is 2.00 bits per heavy atom. The monoisotopic (exact) mass is 459 g/mol. The van der Waals surface area contributed by atoms with Crippen LogP contribution < -0.4 is 4.90 Å². The molecule has 0 aliphatic heterocycles. The minimum Gasteiger partial charge on any atom is -0.346 e. The summed E-state index contributed by atoms with van der Waals surface area (Å²) < 4.78 is 17.2. The maximum Gasteiger partial charge on any atom is 0.151 e. The lowest BCUT2D eigenvalue weighted by atomic mass is 10.1. The third-order valence-electron chi connectivity index (χ3n) is 4.47. The number of fused-ring (bicyclic) bond motifs is 1. The summed E-state index contributed by atoms with van der Waals surface area (Å²) in [6.07, 6.45) is 3.13. The largest absolute Gasteiger partial charge is 0.346 e. The van der Waals surface area contributed by atoms with Crippen LogP contribution in [0.4, 0.5) is 10.2 Å². The van der Waals surface area contributed by atoms with Crippen LogP contribution in [0.25, 0.3) is 10.9 Å². The molecule has 0 aliphatic rings. The van der Waals surface area contributed by atoms with Crippen molar-refractivity contribution in [3.63, 3.8) is 0 Å². The second-order valence-electron chi connectivity index (χ2n) is 6.41. The summed E-state index contributed by atoms with van der Waals surface area (Å²) >= 11 is 9.63. The minimum absolute atomic E-state index is 0.249. The molecule has 0 amide bonds. The zero-order valence-electron chi connectivity index (χ0n) is 15.0. The Labute approximate surface area is 174 Å². The number of aryl methyl sites for hydroxylation is 1. The first-order valence-electron chi connectivity index (χ1n) is 8.57. The Morgan fingerprint density at radius 1 is 1.14 bits per heavy atom. The quantitative estimate of drug-likeness (QED) is 0.414. The fourth-order valence-corrected chi connectivity index (χ4v) is 3.80. The van der Waals surface area contributed by atoms with Crippen molar-refractivity contribution >= 4 is 44.3 Å². The lowest BCUT2D eigenvalue weighted by Gasteiger charge is -2.25. The summed E-state index contributed by atoms with van der Waals surface area (Å²) in [5.41, 5.74) is 2.34. The maximum absolute atomic E-state index is 14.4. The van der Waals surface area contributed by atoms with E-state index < -0.39 is 5.82 Å². The predicted molar refractivity (Wildman–Crippen MR) is 112 cm³/mol. The molecule has 2 aromatic carbocycles. The van der Waals surface area contributed by atoms with E-state index in [1.54, 1.807) is 12.3 Å². The highest BCUT2D eigenvalue weighted by Crippen LogP contribution is 2.30. The normalized spacial score (nSPS) is 11.1. The highest BCUT2D eigenvalue weighted by molar-refractivity contribution is 9.10. The predicted octanol–water partition coefficient (Wildman–Crippen LogP) is 5.13. The van der Waals surface area contributed by atoms with Crippen LogP contribution in [0.15, 0.2) is 59.5 Å². The first-order valence-corrected chi connectivity index (χ1v) is 9.74. The molecule has 4 aromatic rings. The lowest BCUT2D eigenvalue weighted by molar-refractivity contribution is 0.636. The molecular weight excluding hydrogens is 445 g/mol. The van der Waals surface area contributed by atoms with Gasteiger partial charge >= 0.3 is 0 Å². The van der Waals surface area contributed by atoms with Crippen LogP contribution in [0.5, 0.6) is 0 Å². The van der Waals surface area contributed by atoms with Gasteiger partial charge in [0.1, 0.15) is 17.7 Å². The van der Waals surface area contributed by atoms with Gasteiger partial charge in [0.15, 0.2) is 5.82 Å². The van der Waals surface area contributed by atoms with Crippen molar-refractivity contribution in [1.82, 2.24) is 19.7 Å². The van der Waals surface area contributed by atoms with Crippen molar-refractivity contribution < 1.29 is 4.39 Å². The lowest BCUT2D eigenvalue weighted by Crippen LogP contribution is -2.25. The number of hydrogen-bond acceptors (Lipinski definition) is 4. The van der Waals surface area contributed by atoms with Crippen molar-refractivity contribution in [2.24, 2.45) is 7.05 Å². The third kappa shape index (κ3) is 3.86. The van der Waals surface area contributed by atoms with Gasteiger partial charge in [0.2, 0.25) is 0 Å². The van der Waals surface area contributed by atoms with E-state index in [4.69, 9.17) is 11.6 Å². The molecular formula is C20H16BrClFN5. The molecule has 4 rings (SSSR count). The van der Waals surface area contributed by atoms with Crippen LogP contribution in [0.2, 0.25) is 5.02 Å². The molecule has 0 radical (unpaired) electrons. The number of rotatable bonds is 5. The fourth-order valence-electron chi connectivity index (χ4n) is 3.14. The summed E-state index contributed by atoms with van der Waals surface area (Å²) in [5, 5.41) is 5.13. The van der Waals surface area contributed by atoms with Crippen molar-refractivity contribution in [3.05, 3.63) is 81.6 Å². The number of anilines is 1. The molecule has 0 saturated heterocycles. The van der Waals surface area contributed by atoms with Gasteiger partial charge in [-0.05, 0) is 35.9 Å². The van der Waals surface area contributed by atoms with Crippen LogP contribution in [0.1, 0.15) is 11.3 Å². The molecule has 5 nitrogen and oxygen atoms in total. The van der Waals surface area contributed by atoms with Crippen LogP contribution in [-0.2, 0) is 20.1 Å². The van der Waals surface area contributed by atoms with E-state index in [1.165, 1.54) is 12.4 Å². The molecule has 0 N–H and O–H groups in total. The summed E-state index contributed by atoms with van der Waals surface area (Å²) in [5.74, 6) is 0.154. The van der Waals surface area contributed by atoms with Crippen LogP contribution in [-0.4, -0.2) is 19.7 Å². The van der Waals surface area contributed by atoms with E-state index in [2.05, 4.69) is 35.9 Å². The summed E-state index contributed by atoms with van der Waals surface area (Å²) in [6, 6.07) is 13.0. The van der Waals surface area contributed by atoms with E-state index in [0.29, 0.717) is 29.3 Å². The molecule has 2 heterocycles. The second kappa shape index (κ2) is 7.85. The third-order valence-corrected chi connectivity index (χ3v) is 5.18.